The van der Waals surface area contributed by atoms with Crippen molar-refractivity contribution in [2.45, 2.75) is 0 Å². The lowest BCUT2D eigenvalue weighted by atomic mass is 10.1. The second kappa shape index (κ2) is 9.22. The Bertz CT molecular complexity index is 2700. The monoisotopic (exact) mass is 573 g/mol. The normalized spacial score (nSPS) is 12.0. The summed E-state index contributed by atoms with van der Waals surface area (Å²) in [7, 11) is 0. The van der Waals surface area contributed by atoms with E-state index in [0.717, 1.165) is 17.1 Å². The van der Waals surface area contributed by atoms with Crippen LogP contribution in [0.5, 0.6) is 0 Å². The van der Waals surface area contributed by atoms with E-state index in [2.05, 4.69) is 177 Å². The van der Waals surface area contributed by atoms with Gasteiger partial charge in [-0.25, -0.2) is 0 Å². The molecule has 0 fully saturated rings. The summed E-state index contributed by atoms with van der Waals surface area (Å²) in [6.45, 7) is 0. The minimum atomic E-state index is 1.15. The van der Waals surface area contributed by atoms with Crippen molar-refractivity contribution in [3.8, 4) is 17.1 Å². The minimum absolute atomic E-state index is 1.15. The molecule has 0 unspecified atom stereocenters. The van der Waals surface area contributed by atoms with Gasteiger partial charge in [-0.3, -0.25) is 0 Å². The number of rotatable bonds is 3. The fraction of sp³-hybridized carbons (Fsp3) is 0. The Balaban J connectivity index is 1.29. The third-order valence-corrected chi connectivity index (χ3v) is 9.43. The molecule has 3 aromatic heterocycles. The summed E-state index contributed by atoms with van der Waals surface area (Å²) in [5.74, 6) is 0. The molecule has 45 heavy (non-hydrogen) atoms. The van der Waals surface area contributed by atoms with Crippen LogP contribution in [0, 0.1) is 0 Å². The fourth-order valence-corrected chi connectivity index (χ4v) is 7.53. The standard InChI is InChI=1S/C42H27N3/c1-2-12-28(13-3-1)43-37-18-8-6-16-33(37)35-25-23-30(27-41(35)43)45-40-21-11-7-17-34(40)36-24-22-29(26-42(36)45)44-38-19-9-4-14-31(38)32-15-5-10-20-39(32)44/h1-27H. The Kier molecular flexibility index (Phi) is 5.00. The molecule has 0 aliphatic carbocycles. The number of para-hydroxylation sites is 5. The van der Waals surface area contributed by atoms with E-state index in [1.807, 2.05) is 0 Å². The zero-order valence-corrected chi connectivity index (χ0v) is 24.4. The van der Waals surface area contributed by atoms with Gasteiger partial charge in [0.05, 0.1) is 33.1 Å². The van der Waals surface area contributed by atoms with E-state index >= 15 is 0 Å². The minimum Gasteiger partial charge on any atom is -0.309 e. The van der Waals surface area contributed by atoms with Crippen LogP contribution in [-0.4, -0.2) is 13.7 Å². The third kappa shape index (κ3) is 3.41. The molecule has 0 amide bonds. The molecule has 0 saturated carbocycles. The van der Waals surface area contributed by atoms with Gasteiger partial charge in [0.1, 0.15) is 0 Å². The van der Waals surface area contributed by atoms with Gasteiger partial charge >= 0.3 is 0 Å². The maximum absolute atomic E-state index is 2.44. The summed E-state index contributed by atoms with van der Waals surface area (Å²) in [5.41, 5.74) is 10.7. The van der Waals surface area contributed by atoms with Crippen LogP contribution in [-0.2, 0) is 0 Å². The van der Waals surface area contributed by atoms with Crippen LogP contribution in [0.25, 0.3) is 82.5 Å². The first-order valence-electron chi connectivity index (χ1n) is 15.5. The van der Waals surface area contributed by atoms with Crippen LogP contribution in [0.4, 0.5) is 0 Å². The van der Waals surface area contributed by atoms with Crippen LogP contribution in [0.1, 0.15) is 0 Å². The Labute approximate surface area is 259 Å². The third-order valence-electron chi connectivity index (χ3n) is 9.43. The fourth-order valence-electron chi connectivity index (χ4n) is 7.53. The van der Waals surface area contributed by atoms with Crippen molar-refractivity contribution in [3.63, 3.8) is 0 Å². The number of nitrogens with zero attached hydrogens (tertiary/aromatic N) is 3. The highest BCUT2D eigenvalue weighted by molar-refractivity contribution is 6.13. The van der Waals surface area contributed by atoms with Gasteiger partial charge < -0.3 is 13.7 Å². The van der Waals surface area contributed by atoms with Gasteiger partial charge in [-0.1, -0.05) is 103 Å². The molecule has 3 nitrogen and oxygen atoms in total. The van der Waals surface area contributed by atoms with E-state index in [0.29, 0.717) is 0 Å². The van der Waals surface area contributed by atoms with Crippen molar-refractivity contribution < 1.29 is 0 Å². The zero-order chi connectivity index (χ0) is 29.5. The quantitative estimate of drug-likeness (QED) is 0.200. The highest BCUT2D eigenvalue weighted by Crippen LogP contribution is 2.39. The second-order valence-electron chi connectivity index (χ2n) is 11.8. The molecular weight excluding hydrogens is 546 g/mol. The smallest absolute Gasteiger partial charge is 0.0561 e. The van der Waals surface area contributed by atoms with Crippen molar-refractivity contribution in [1.29, 1.82) is 0 Å². The van der Waals surface area contributed by atoms with Gasteiger partial charge in [0.15, 0.2) is 0 Å². The average Bonchev–Trinajstić information content (AvgIpc) is 3.74. The predicted octanol–water partition coefficient (Wildman–Crippen LogP) is 11.0. The molecule has 0 aliphatic heterocycles. The molecule has 210 valence electrons. The van der Waals surface area contributed by atoms with Crippen LogP contribution >= 0.6 is 0 Å². The maximum Gasteiger partial charge on any atom is 0.0561 e. The lowest BCUT2D eigenvalue weighted by Gasteiger charge is -2.12. The molecular formula is C42H27N3. The van der Waals surface area contributed by atoms with Crippen LogP contribution in [0.2, 0.25) is 0 Å². The first kappa shape index (κ1) is 24.4. The van der Waals surface area contributed by atoms with Crippen LogP contribution < -0.4 is 0 Å². The molecule has 0 saturated heterocycles. The summed E-state index contributed by atoms with van der Waals surface area (Å²) in [6, 6.07) is 59.5. The molecule has 0 N–H and O–H groups in total. The highest BCUT2D eigenvalue weighted by atomic mass is 15.0. The summed E-state index contributed by atoms with van der Waals surface area (Å²) in [5, 5.41) is 7.56. The topological polar surface area (TPSA) is 14.8 Å². The molecule has 3 heteroatoms. The van der Waals surface area contributed by atoms with Crippen molar-refractivity contribution in [2.24, 2.45) is 0 Å². The Morgan fingerprint density at radius 1 is 0.222 bits per heavy atom. The molecule has 0 bridgehead atoms. The van der Waals surface area contributed by atoms with E-state index in [4.69, 9.17) is 0 Å². The van der Waals surface area contributed by atoms with Crippen molar-refractivity contribution in [1.82, 2.24) is 13.7 Å². The Hall–Kier alpha value is -6.06. The Morgan fingerprint density at radius 2 is 0.533 bits per heavy atom. The van der Waals surface area contributed by atoms with Gasteiger partial charge in [0, 0.05) is 49.4 Å². The van der Waals surface area contributed by atoms with Gasteiger partial charge in [-0.05, 0) is 60.7 Å². The molecule has 0 radical (unpaired) electrons. The van der Waals surface area contributed by atoms with Crippen LogP contribution in [0.3, 0.4) is 0 Å². The van der Waals surface area contributed by atoms with Gasteiger partial charge in [0.25, 0.3) is 0 Å². The Morgan fingerprint density at radius 3 is 0.956 bits per heavy atom. The SMILES string of the molecule is c1ccc(-n2c3ccccc3c3ccc(-n4c5ccccc5c5ccc(-n6c7ccccc7c7ccccc76)cc54)cc32)cc1. The van der Waals surface area contributed by atoms with E-state index < -0.39 is 0 Å². The first-order chi connectivity index (χ1) is 22.3. The number of hydrogen-bond acceptors (Lipinski definition) is 0. The molecule has 0 atom stereocenters. The first-order valence-corrected chi connectivity index (χ1v) is 15.5. The van der Waals surface area contributed by atoms with Gasteiger partial charge in [-0.2, -0.15) is 0 Å². The molecule has 3 heterocycles. The summed E-state index contributed by atoms with van der Waals surface area (Å²) < 4.78 is 7.24. The van der Waals surface area contributed by atoms with Gasteiger partial charge in [0.2, 0.25) is 0 Å². The van der Waals surface area contributed by atoms with Crippen molar-refractivity contribution in [3.05, 3.63) is 164 Å². The highest BCUT2D eigenvalue weighted by Gasteiger charge is 2.18. The number of benzene rings is 7. The summed E-state index contributed by atoms with van der Waals surface area (Å²) in [6.07, 6.45) is 0. The second-order valence-corrected chi connectivity index (χ2v) is 11.8. The predicted molar refractivity (Wildman–Crippen MR) is 189 cm³/mol. The molecule has 7 aromatic carbocycles. The summed E-state index contributed by atoms with van der Waals surface area (Å²) >= 11 is 0. The van der Waals surface area contributed by atoms with Crippen LogP contribution in [0.15, 0.2) is 164 Å². The lowest BCUT2D eigenvalue weighted by molar-refractivity contribution is 1.14. The van der Waals surface area contributed by atoms with Gasteiger partial charge in [-0.15, -0.1) is 0 Å². The lowest BCUT2D eigenvalue weighted by Crippen LogP contribution is -1.98. The average molecular weight is 574 g/mol. The number of hydrogen-bond donors (Lipinski definition) is 0. The van der Waals surface area contributed by atoms with E-state index in [9.17, 15) is 0 Å². The van der Waals surface area contributed by atoms with E-state index in [-0.39, 0.29) is 0 Å². The molecule has 10 rings (SSSR count). The number of fused-ring (bicyclic) bond motifs is 9. The largest absolute Gasteiger partial charge is 0.309 e. The summed E-state index contributed by atoms with van der Waals surface area (Å²) in [4.78, 5) is 0. The molecule has 0 aliphatic rings. The molecule has 10 aromatic rings. The molecule has 0 spiro atoms. The zero-order valence-electron chi connectivity index (χ0n) is 24.4. The van der Waals surface area contributed by atoms with Crippen molar-refractivity contribution >= 4 is 65.4 Å². The number of aromatic nitrogens is 3. The van der Waals surface area contributed by atoms with E-state index in [1.54, 1.807) is 0 Å². The van der Waals surface area contributed by atoms with Crippen molar-refractivity contribution in [2.75, 3.05) is 0 Å². The maximum atomic E-state index is 2.44. The van der Waals surface area contributed by atoms with E-state index in [1.165, 1.54) is 65.4 Å².